The van der Waals surface area contributed by atoms with E-state index in [1.54, 1.807) is 0 Å². The van der Waals surface area contributed by atoms with Crippen LogP contribution in [-0.4, -0.2) is 0 Å². The number of fused-ring (bicyclic) bond motifs is 6. The van der Waals surface area contributed by atoms with E-state index in [4.69, 9.17) is 0 Å². The number of nitrogens with zero attached hydrogens (tertiary/aromatic N) is 1. The van der Waals surface area contributed by atoms with Crippen molar-refractivity contribution in [2.24, 2.45) is 0 Å². The summed E-state index contributed by atoms with van der Waals surface area (Å²) in [5.41, 5.74) is 15.1. The zero-order valence-electron chi connectivity index (χ0n) is 21.1. The molecule has 0 bridgehead atoms. The van der Waals surface area contributed by atoms with Crippen LogP contribution in [0, 0.1) is 13.8 Å². The summed E-state index contributed by atoms with van der Waals surface area (Å²) in [5.74, 6) is 0.919. The van der Waals surface area contributed by atoms with Crippen LogP contribution in [0.4, 0.5) is 5.69 Å². The normalized spacial score (nSPS) is 16.5. The lowest BCUT2D eigenvalue weighted by Gasteiger charge is -2.39. The van der Waals surface area contributed by atoms with Crippen molar-refractivity contribution < 1.29 is 0 Å². The SMILES string of the molecule is CCc1cccc2c1C1NC=C(c3c(C(C)C)cccc3C(C)C)N1c1cc(C)c(C)cc1-2. The molecule has 5 rings (SSSR count). The molecule has 2 heteroatoms. The molecule has 3 aromatic rings. The van der Waals surface area contributed by atoms with Gasteiger partial charge in [-0.2, -0.15) is 0 Å². The molecule has 0 aliphatic carbocycles. The summed E-state index contributed by atoms with van der Waals surface area (Å²) in [6.45, 7) is 16.0. The molecule has 0 fully saturated rings. The maximum Gasteiger partial charge on any atom is 0.131 e. The van der Waals surface area contributed by atoms with Crippen molar-refractivity contribution in [3.63, 3.8) is 0 Å². The Bertz CT molecular complexity index is 1240. The van der Waals surface area contributed by atoms with Gasteiger partial charge >= 0.3 is 0 Å². The van der Waals surface area contributed by atoms with Crippen LogP contribution in [0.15, 0.2) is 54.7 Å². The highest BCUT2D eigenvalue weighted by atomic mass is 15.3. The molecule has 0 radical (unpaired) electrons. The van der Waals surface area contributed by atoms with Crippen molar-refractivity contribution in [2.75, 3.05) is 4.90 Å². The van der Waals surface area contributed by atoms with Crippen molar-refractivity contribution in [1.82, 2.24) is 5.32 Å². The van der Waals surface area contributed by atoms with Crippen LogP contribution in [0.2, 0.25) is 0 Å². The third-order valence-electron chi connectivity index (χ3n) is 7.54. The van der Waals surface area contributed by atoms with E-state index in [1.807, 2.05) is 0 Å². The third-order valence-corrected chi connectivity index (χ3v) is 7.54. The Labute approximate surface area is 199 Å². The predicted molar refractivity (Wildman–Crippen MR) is 142 cm³/mol. The maximum absolute atomic E-state index is 3.81. The molecule has 3 aromatic carbocycles. The summed E-state index contributed by atoms with van der Waals surface area (Å²) in [5, 5.41) is 3.81. The number of rotatable bonds is 4. The Morgan fingerprint density at radius 1 is 0.848 bits per heavy atom. The van der Waals surface area contributed by atoms with Crippen LogP contribution in [0.3, 0.4) is 0 Å². The van der Waals surface area contributed by atoms with Crippen LogP contribution in [0.25, 0.3) is 16.8 Å². The number of anilines is 1. The van der Waals surface area contributed by atoms with E-state index in [0.29, 0.717) is 11.8 Å². The summed E-state index contributed by atoms with van der Waals surface area (Å²) < 4.78 is 0. The summed E-state index contributed by atoms with van der Waals surface area (Å²) in [7, 11) is 0. The molecular formula is C31H36N2. The van der Waals surface area contributed by atoms with Gasteiger partial charge in [0.15, 0.2) is 0 Å². The molecule has 1 atom stereocenters. The van der Waals surface area contributed by atoms with Crippen LogP contribution < -0.4 is 10.2 Å². The van der Waals surface area contributed by atoms with Gasteiger partial charge in [0, 0.05) is 22.9 Å². The highest BCUT2D eigenvalue weighted by Gasteiger charge is 2.39. The molecule has 170 valence electrons. The fraction of sp³-hybridized carbons (Fsp3) is 0.355. The molecule has 1 N–H and O–H groups in total. The third kappa shape index (κ3) is 3.30. The summed E-state index contributed by atoms with van der Waals surface area (Å²) in [6, 6.07) is 18.5. The van der Waals surface area contributed by atoms with Gasteiger partial charge in [0.1, 0.15) is 6.17 Å². The maximum atomic E-state index is 3.81. The molecule has 0 amide bonds. The van der Waals surface area contributed by atoms with E-state index in [9.17, 15) is 0 Å². The molecule has 2 aliphatic rings. The molecule has 0 saturated carbocycles. The van der Waals surface area contributed by atoms with Gasteiger partial charge in [-0.05, 0) is 77.6 Å². The van der Waals surface area contributed by atoms with Gasteiger partial charge in [-0.3, -0.25) is 0 Å². The zero-order chi connectivity index (χ0) is 23.4. The minimum atomic E-state index is 0.126. The second kappa shape index (κ2) is 8.09. The zero-order valence-corrected chi connectivity index (χ0v) is 21.1. The average molecular weight is 437 g/mol. The number of hydrogen-bond donors (Lipinski definition) is 1. The highest BCUT2D eigenvalue weighted by Crippen LogP contribution is 2.52. The Morgan fingerprint density at radius 3 is 2.12 bits per heavy atom. The minimum Gasteiger partial charge on any atom is -0.365 e. The van der Waals surface area contributed by atoms with Crippen molar-refractivity contribution in [3.05, 3.63) is 93.7 Å². The minimum absolute atomic E-state index is 0.126. The van der Waals surface area contributed by atoms with E-state index < -0.39 is 0 Å². The predicted octanol–water partition coefficient (Wildman–Crippen LogP) is 8.20. The first kappa shape index (κ1) is 21.8. The van der Waals surface area contributed by atoms with Gasteiger partial charge in [0.25, 0.3) is 0 Å². The molecule has 33 heavy (non-hydrogen) atoms. The molecule has 1 unspecified atom stereocenters. The fourth-order valence-electron chi connectivity index (χ4n) is 5.66. The first-order valence-electron chi connectivity index (χ1n) is 12.5. The summed E-state index contributed by atoms with van der Waals surface area (Å²) >= 11 is 0. The van der Waals surface area contributed by atoms with Gasteiger partial charge in [-0.1, -0.05) is 71.0 Å². The first-order valence-corrected chi connectivity index (χ1v) is 12.5. The number of aryl methyl sites for hydroxylation is 3. The molecule has 2 aliphatic heterocycles. The Morgan fingerprint density at radius 2 is 1.48 bits per heavy atom. The van der Waals surface area contributed by atoms with Gasteiger partial charge in [0.05, 0.1) is 11.4 Å². The largest absolute Gasteiger partial charge is 0.365 e. The van der Waals surface area contributed by atoms with Crippen molar-refractivity contribution in [2.45, 2.75) is 72.9 Å². The van der Waals surface area contributed by atoms with E-state index >= 15 is 0 Å². The lowest BCUT2D eigenvalue weighted by atomic mass is 9.84. The van der Waals surface area contributed by atoms with Crippen LogP contribution in [0.5, 0.6) is 0 Å². The standard InChI is InChI=1S/C31H36N2/c1-8-22-11-9-14-25-26-15-20(6)21(7)16-27(26)33-28(17-32-31(33)29(22)25)30-23(18(2)3)12-10-13-24(30)19(4)5/h9-19,31-32H,8H2,1-7H3. The average Bonchev–Trinajstić information content (AvgIpc) is 3.24. The fourth-order valence-corrected chi connectivity index (χ4v) is 5.66. The Kier molecular flexibility index (Phi) is 5.35. The topological polar surface area (TPSA) is 15.3 Å². The van der Waals surface area contributed by atoms with Gasteiger partial charge in [-0.25, -0.2) is 0 Å². The molecule has 0 spiro atoms. The van der Waals surface area contributed by atoms with Crippen LogP contribution in [-0.2, 0) is 6.42 Å². The number of hydrogen-bond acceptors (Lipinski definition) is 2. The Hall–Kier alpha value is -3.00. The lowest BCUT2D eigenvalue weighted by molar-refractivity contribution is 0.657. The highest BCUT2D eigenvalue weighted by molar-refractivity contribution is 5.96. The van der Waals surface area contributed by atoms with Gasteiger partial charge in [0.2, 0.25) is 0 Å². The lowest BCUT2D eigenvalue weighted by Crippen LogP contribution is -2.33. The molecule has 2 heterocycles. The van der Waals surface area contributed by atoms with Crippen molar-refractivity contribution in [3.8, 4) is 11.1 Å². The van der Waals surface area contributed by atoms with Crippen molar-refractivity contribution in [1.29, 1.82) is 0 Å². The first-order chi connectivity index (χ1) is 15.8. The quantitative estimate of drug-likeness (QED) is 0.443. The molecule has 2 nitrogen and oxygen atoms in total. The number of benzene rings is 3. The second-order valence-corrected chi connectivity index (χ2v) is 10.3. The van der Waals surface area contributed by atoms with Gasteiger partial charge < -0.3 is 10.2 Å². The summed E-state index contributed by atoms with van der Waals surface area (Å²) in [4.78, 5) is 2.58. The second-order valence-electron chi connectivity index (χ2n) is 10.3. The van der Waals surface area contributed by atoms with Crippen LogP contribution in [0.1, 0.15) is 91.6 Å². The molecule has 0 aromatic heterocycles. The van der Waals surface area contributed by atoms with E-state index in [0.717, 1.165) is 6.42 Å². The molecule has 0 saturated heterocycles. The smallest absolute Gasteiger partial charge is 0.131 e. The van der Waals surface area contributed by atoms with Crippen LogP contribution >= 0.6 is 0 Å². The monoisotopic (exact) mass is 436 g/mol. The van der Waals surface area contributed by atoms with E-state index in [-0.39, 0.29) is 6.17 Å². The Balaban J connectivity index is 1.80. The van der Waals surface area contributed by atoms with Crippen molar-refractivity contribution >= 4 is 11.4 Å². The molecular weight excluding hydrogens is 400 g/mol. The van der Waals surface area contributed by atoms with Gasteiger partial charge in [-0.15, -0.1) is 0 Å². The van der Waals surface area contributed by atoms with E-state index in [1.165, 1.54) is 61.5 Å². The van der Waals surface area contributed by atoms with E-state index in [2.05, 4.69) is 113 Å². The number of nitrogens with one attached hydrogen (secondary N) is 1. The summed E-state index contributed by atoms with van der Waals surface area (Å²) in [6.07, 6.45) is 3.43.